The van der Waals surface area contributed by atoms with Crippen molar-refractivity contribution >= 4 is 31.5 Å². The van der Waals surface area contributed by atoms with E-state index in [4.69, 9.17) is 15.9 Å². The molecule has 0 aliphatic rings. The van der Waals surface area contributed by atoms with E-state index in [1.54, 1.807) is 5.40 Å². The second-order valence-corrected chi connectivity index (χ2v) is 10.5. The van der Waals surface area contributed by atoms with Crippen molar-refractivity contribution in [1.82, 2.24) is 0 Å². The molecule has 0 radical (unpaired) electrons. The molecule has 0 N–H and O–H groups in total. The Bertz CT molecular complexity index is 480. The molecular weight excluding hydrogens is 419 g/mol. The molecule has 0 aliphatic heterocycles. The van der Waals surface area contributed by atoms with E-state index in [0.29, 0.717) is 12.8 Å². The van der Waals surface area contributed by atoms with Crippen LogP contribution in [0.3, 0.4) is 0 Å². The van der Waals surface area contributed by atoms with Gasteiger partial charge in [-0.1, -0.05) is 71.6 Å². The molecule has 0 aromatic heterocycles. The first-order valence-corrected chi connectivity index (χ1v) is 12.9. The van der Waals surface area contributed by atoms with Gasteiger partial charge < -0.3 is 0 Å². The van der Waals surface area contributed by atoms with Gasteiger partial charge in [0.15, 0.2) is 0 Å². The van der Waals surface area contributed by atoms with Gasteiger partial charge in [-0.25, -0.2) is 8.42 Å². The van der Waals surface area contributed by atoms with Crippen LogP contribution in [0, 0.1) is 10.7 Å². The summed E-state index contributed by atoms with van der Waals surface area (Å²) in [5.74, 6) is 0.126. The zero-order valence-electron chi connectivity index (χ0n) is 16.4. The lowest BCUT2D eigenvalue weighted by atomic mass is 10.1. The molecule has 0 spiro atoms. The zero-order chi connectivity index (χ0) is 21.2. The quantitative estimate of drug-likeness (QED) is 0.157. The molecular formula is C18H33ClF3NO2S2. The number of alkyl halides is 3. The number of halogens is 4. The molecule has 0 aromatic rings. The SMILES string of the molecule is CCCCCCC(CC(F)(F)F)SC#N.CCCCCCCCS(=O)(=O)Cl. The molecule has 0 heterocycles. The van der Waals surface area contributed by atoms with E-state index in [2.05, 4.69) is 13.8 Å². The largest absolute Gasteiger partial charge is 0.390 e. The second kappa shape index (κ2) is 17.9. The highest BCUT2D eigenvalue weighted by Crippen LogP contribution is 2.30. The lowest BCUT2D eigenvalue weighted by Gasteiger charge is -2.14. The lowest BCUT2D eigenvalue weighted by Crippen LogP contribution is -2.16. The standard InChI is InChI=1S/C10H16F3NS.C8H17ClO2S/c1-2-3-4-5-6-9(15-8-14)7-10(11,12)13;1-2-3-4-5-6-7-8-12(9,10)11/h9H,2-7H2,1H3;2-8H2,1H3. The minimum atomic E-state index is -4.15. The van der Waals surface area contributed by atoms with Gasteiger partial charge in [-0.3, -0.25) is 0 Å². The molecule has 0 saturated heterocycles. The summed E-state index contributed by atoms with van der Waals surface area (Å²) in [5, 5.41) is 9.54. The van der Waals surface area contributed by atoms with Gasteiger partial charge in [-0.15, -0.1) is 0 Å². The van der Waals surface area contributed by atoms with Gasteiger partial charge in [0.25, 0.3) is 0 Å². The molecule has 0 aliphatic carbocycles. The number of thiocyanates is 1. The van der Waals surface area contributed by atoms with Crippen molar-refractivity contribution in [3.63, 3.8) is 0 Å². The summed E-state index contributed by atoms with van der Waals surface area (Å²) in [6.07, 6.45) is 5.81. The first kappa shape index (κ1) is 29.1. The molecule has 0 fully saturated rings. The van der Waals surface area contributed by atoms with Gasteiger partial charge in [0.05, 0.1) is 12.2 Å². The Morgan fingerprint density at radius 1 is 0.963 bits per heavy atom. The Morgan fingerprint density at radius 3 is 1.89 bits per heavy atom. The summed E-state index contributed by atoms with van der Waals surface area (Å²) in [5.41, 5.74) is 0. The Morgan fingerprint density at radius 2 is 1.44 bits per heavy atom. The summed E-state index contributed by atoms with van der Waals surface area (Å²) in [4.78, 5) is 0. The summed E-state index contributed by atoms with van der Waals surface area (Å²) >= 11 is 0.747. The van der Waals surface area contributed by atoms with Crippen molar-refractivity contribution in [2.75, 3.05) is 5.75 Å². The Labute approximate surface area is 171 Å². The molecule has 27 heavy (non-hydrogen) atoms. The van der Waals surface area contributed by atoms with Crippen LogP contribution in [0.25, 0.3) is 0 Å². The number of unbranched alkanes of at least 4 members (excludes halogenated alkanes) is 8. The Hall–Kier alpha value is -0.130. The van der Waals surface area contributed by atoms with Crippen LogP contribution in [0.2, 0.25) is 0 Å². The molecule has 0 aromatic carbocycles. The minimum Gasteiger partial charge on any atom is -0.212 e. The van der Waals surface area contributed by atoms with Crippen LogP contribution in [0.1, 0.15) is 90.9 Å². The molecule has 162 valence electrons. The van der Waals surface area contributed by atoms with Crippen LogP contribution in [0.15, 0.2) is 0 Å². The monoisotopic (exact) mass is 451 g/mol. The van der Waals surface area contributed by atoms with E-state index in [9.17, 15) is 21.6 Å². The third-order valence-corrected chi connectivity index (χ3v) is 5.88. The van der Waals surface area contributed by atoms with Gasteiger partial charge in [-0.2, -0.15) is 18.4 Å². The minimum absolute atomic E-state index is 0.126. The lowest BCUT2D eigenvalue weighted by molar-refractivity contribution is -0.134. The summed E-state index contributed by atoms with van der Waals surface area (Å²) < 4.78 is 57.2. The average Bonchev–Trinajstić information content (AvgIpc) is 2.53. The number of nitriles is 1. The maximum absolute atomic E-state index is 12.1. The molecule has 0 saturated carbocycles. The van der Waals surface area contributed by atoms with E-state index in [0.717, 1.165) is 50.3 Å². The molecule has 0 amide bonds. The maximum atomic E-state index is 12.1. The van der Waals surface area contributed by atoms with Gasteiger partial charge in [0.2, 0.25) is 9.05 Å². The van der Waals surface area contributed by atoms with Crippen molar-refractivity contribution in [3.05, 3.63) is 0 Å². The second-order valence-electron chi connectivity index (χ2n) is 6.51. The predicted molar refractivity (Wildman–Crippen MR) is 109 cm³/mol. The van der Waals surface area contributed by atoms with Crippen molar-refractivity contribution in [2.45, 2.75) is 102 Å². The number of nitrogens with zero attached hydrogens (tertiary/aromatic N) is 1. The number of hydrogen-bond acceptors (Lipinski definition) is 4. The average molecular weight is 452 g/mol. The van der Waals surface area contributed by atoms with E-state index in [1.807, 2.05) is 0 Å². The molecule has 9 heteroatoms. The first-order valence-electron chi connectivity index (χ1n) is 9.59. The van der Waals surface area contributed by atoms with Gasteiger partial charge >= 0.3 is 6.18 Å². The Balaban J connectivity index is 0. The van der Waals surface area contributed by atoms with Crippen LogP contribution in [-0.2, 0) is 9.05 Å². The Kier molecular flexibility index (Phi) is 19.3. The van der Waals surface area contributed by atoms with Gasteiger partial charge in [0.1, 0.15) is 5.40 Å². The number of hydrogen-bond donors (Lipinski definition) is 0. The summed E-state index contributed by atoms with van der Waals surface area (Å²) in [6.45, 7) is 4.21. The van der Waals surface area contributed by atoms with Crippen LogP contribution in [0.5, 0.6) is 0 Å². The highest BCUT2D eigenvalue weighted by atomic mass is 35.7. The maximum Gasteiger partial charge on any atom is 0.390 e. The van der Waals surface area contributed by atoms with Crippen LogP contribution < -0.4 is 0 Å². The van der Waals surface area contributed by atoms with Crippen molar-refractivity contribution in [1.29, 1.82) is 5.26 Å². The van der Waals surface area contributed by atoms with E-state index in [1.165, 1.54) is 19.3 Å². The van der Waals surface area contributed by atoms with Crippen molar-refractivity contribution < 1.29 is 21.6 Å². The van der Waals surface area contributed by atoms with Crippen molar-refractivity contribution in [2.24, 2.45) is 0 Å². The van der Waals surface area contributed by atoms with E-state index in [-0.39, 0.29) is 5.75 Å². The van der Waals surface area contributed by atoms with Gasteiger partial charge in [-0.05, 0) is 24.6 Å². The summed E-state index contributed by atoms with van der Waals surface area (Å²) in [7, 11) is 1.80. The number of thioether (sulfide) groups is 1. The van der Waals surface area contributed by atoms with Crippen molar-refractivity contribution in [3.8, 4) is 5.40 Å². The molecule has 3 nitrogen and oxygen atoms in total. The fourth-order valence-electron chi connectivity index (χ4n) is 2.39. The van der Waals surface area contributed by atoms with Gasteiger partial charge in [0, 0.05) is 15.9 Å². The van der Waals surface area contributed by atoms with Crippen LogP contribution >= 0.6 is 22.4 Å². The normalized spacial score (nSPS) is 12.8. The molecule has 1 atom stereocenters. The highest BCUT2D eigenvalue weighted by Gasteiger charge is 2.31. The molecule has 1 unspecified atom stereocenters. The fourth-order valence-corrected chi connectivity index (χ4v) is 3.97. The number of rotatable bonds is 14. The molecule has 0 bridgehead atoms. The van der Waals surface area contributed by atoms with Crippen LogP contribution in [-0.4, -0.2) is 25.6 Å². The predicted octanol–water partition coefficient (Wildman–Crippen LogP) is 7.41. The third kappa shape index (κ3) is 28.2. The van der Waals surface area contributed by atoms with E-state index >= 15 is 0 Å². The fraction of sp³-hybridized carbons (Fsp3) is 0.944. The summed E-state index contributed by atoms with van der Waals surface area (Å²) in [6, 6.07) is 0. The van der Waals surface area contributed by atoms with Crippen LogP contribution in [0.4, 0.5) is 13.2 Å². The molecule has 0 rings (SSSR count). The first-order chi connectivity index (χ1) is 12.6. The zero-order valence-corrected chi connectivity index (χ0v) is 18.8. The smallest absolute Gasteiger partial charge is 0.212 e. The third-order valence-electron chi connectivity index (χ3n) is 3.80. The topological polar surface area (TPSA) is 57.9 Å². The van der Waals surface area contributed by atoms with E-state index < -0.39 is 26.9 Å². The highest BCUT2D eigenvalue weighted by molar-refractivity contribution is 8.13.